The fourth-order valence-electron chi connectivity index (χ4n) is 1.68. The standard InChI is InChI=1S/C13H20FNOS/c1-10-7-11(3-4-13(10)14)8-15-12(5-6-16)9-17-2/h3-4,7,12,15-16H,5-6,8-9H2,1-2H3. The van der Waals surface area contributed by atoms with Crippen molar-refractivity contribution in [3.8, 4) is 0 Å². The number of benzene rings is 1. The first kappa shape index (κ1) is 14.5. The van der Waals surface area contributed by atoms with E-state index in [1.807, 2.05) is 12.3 Å². The average molecular weight is 257 g/mol. The summed E-state index contributed by atoms with van der Waals surface area (Å²) in [6.45, 7) is 2.68. The molecule has 2 N–H and O–H groups in total. The van der Waals surface area contributed by atoms with Crippen LogP contribution in [0.3, 0.4) is 0 Å². The molecule has 4 heteroatoms. The predicted molar refractivity (Wildman–Crippen MR) is 71.8 cm³/mol. The Kier molecular flexibility index (Phi) is 6.55. The largest absolute Gasteiger partial charge is 0.396 e. The van der Waals surface area contributed by atoms with E-state index in [1.165, 1.54) is 6.07 Å². The normalized spacial score (nSPS) is 12.7. The van der Waals surface area contributed by atoms with Gasteiger partial charge in [-0.15, -0.1) is 0 Å². The molecule has 0 aromatic heterocycles. The zero-order valence-electron chi connectivity index (χ0n) is 10.4. The highest BCUT2D eigenvalue weighted by molar-refractivity contribution is 7.98. The smallest absolute Gasteiger partial charge is 0.126 e. The molecule has 0 radical (unpaired) electrons. The van der Waals surface area contributed by atoms with E-state index < -0.39 is 0 Å². The highest BCUT2D eigenvalue weighted by Crippen LogP contribution is 2.10. The number of nitrogens with one attached hydrogen (secondary N) is 1. The van der Waals surface area contributed by atoms with Crippen molar-refractivity contribution in [3.05, 3.63) is 35.1 Å². The molecule has 1 rings (SSSR count). The summed E-state index contributed by atoms with van der Waals surface area (Å²) in [6, 6.07) is 5.46. The molecule has 17 heavy (non-hydrogen) atoms. The van der Waals surface area contributed by atoms with Gasteiger partial charge in [0.05, 0.1) is 0 Å². The van der Waals surface area contributed by atoms with E-state index in [4.69, 9.17) is 5.11 Å². The quantitative estimate of drug-likeness (QED) is 0.786. The Morgan fingerprint density at radius 3 is 2.82 bits per heavy atom. The van der Waals surface area contributed by atoms with Gasteiger partial charge in [0.25, 0.3) is 0 Å². The summed E-state index contributed by atoms with van der Waals surface area (Å²) >= 11 is 1.76. The van der Waals surface area contributed by atoms with Gasteiger partial charge in [-0.1, -0.05) is 12.1 Å². The summed E-state index contributed by atoms with van der Waals surface area (Å²) < 4.78 is 13.1. The number of hydrogen-bond acceptors (Lipinski definition) is 3. The molecule has 0 bridgehead atoms. The summed E-state index contributed by atoms with van der Waals surface area (Å²) in [6.07, 6.45) is 2.80. The van der Waals surface area contributed by atoms with Crippen molar-refractivity contribution in [2.45, 2.75) is 25.9 Å². The van der Waals surface area contributed by atoms with Crippen molar-refractivity contribution in [1.29, 1.82) is 0 Å². The van der Waals surface area contributed by atoms with Gasteiger partial charge in [-0.25, -0.2) is 4.39 Å². The fraction of sp³-hybridized carbons (Fsp3) is 0.538. The summed E-state index contributed by atoms with van der Waals surface area (Å²) in [5, 5.41) is 12.3. The summed E-state index contributed by atoms with van der Waals surface area (Å²) in [5.41, 5.74) is 1.75. The first-order valence-electron chi connectivity index (χ1n) is 5.75. The number of aryl methyl sites for hydroxylation is 1. The van der Waals surface area contributed by atoms with Crippen LogP contribution in [0.2, 0.25) is 0 Å². The van der Waals surface area contributed by atoms with Gasteiger partial charge in [0.2, 0.25) is 0 Å². The lowest BCUT2D eigenvalue weighted by atomic mass is 10.1. The SMILES string of the molecule is CSCC(CCO)NCc1ccc(F)c(C)c1. The van der Waals surface area contributed by atoms with Gasteiger partial charge in [0, 0.05) is 24.9 Å². The second kappa shape index (κ2) is 7.69. The van der Waals surface area contributed by atoms with Crippen molar-refractivity contribution in [2.75, 3.05) is 18.6 Å². The third-order valence-corrected chi connectivity index (χ3v) is 3.40. The Balaban J connectivity index is 2.49. The van der Waals surface area contributed by atoms with Crippen LogP contribution in [0.4, 0.5) is 4.39 Å². The van der Waals surface area contributed by atoms with Gasteiger partial charge in [0.15, 0.2) is 0 Å². The molecule has 0 amide bonds. The zero-order valence-corrected chi connectivity index (χ0v) is 11.2. The van der Waals surface area contributed by atoms with Crippen LogP contribution in [-0.2, 0) is 6.54 Å². The molecular formula is C13H20FNOS. The molecule has 0 saturated heterocycles. The first-order valence-corrected chi connectivity index (χ1v) is 7.15. The summed E-state index contributed by atoms with van der Waals surface area (Å²) in [5.74, 6) is 0.811. The Labute approximate surface area is 107 Å². The molecule has 0 heterocycles. The van der Waals surface area contributed by atoms with Crippen molar-refractivity contribution in [1.82, 2.24) is 5.32 Å². The number of thioether (sulfide) groups is 1. The molecule has 0 fully saturated rings. The summed E-state index contributed by atoms with van der Waals surface area (Å²) in [4.78, 5) is 0. The maximum absolute atomic E-state index is 13.1. The molecule has 0 spiro atoms. The Morgan fingerprint density at radius 1 is 1.47 bits per heavy atom. The molecule has 0 saturated carbocycles. The minimum absolute atomic E-state index is 0.162. The fourth-order valence-corrected chi connectivity index (χ4v) is 2.37. The Bertz CT molecular complexity index is 340. The predicted octanol–water partition coefficient (Wildman–Crippen LogP) is 2.34. The lowest BCUT2D eigenvalue weighted by Gasteiger charge is -2.16. The third kappa shape index (κ3) is 5.06. The van der Waals surface area contributed by atoms with E-state index >= 15 is 0 Å². The zero-order chi connectivity index (χ0) is 12.7. The van der Waals surface area contributed by atoms with Crippen molar-refractivity contribution < 1.29 is 9.50 Å². The minimum atomic E-state index is -0.162. The number of hydrogen-bond donors (Lipinski definition) is 2. The van der Waals surface area contributed by atoms with E-state index in [2.05, 4.69) is 5.32 Å². The van der Waals surface area contributed by atoms with Crippen LogP contribution in [0.5, 0.6) is 0 Å². The molecule has 2 nitrogen and oxygen atoms in total. The van der Waals surface area contributed by atoms with Gasteiger partial charge < -0.3 is 10.4 Å². The minimum Gasteiger partial charge on any atom is -0.396 e. The number of aliphatic hydroxyl groups is 1. The number of aliphatic hydroxyl groups excluding tert-OH is 1. The van der Waals surface area contributed by atoms with Gasteiger partial charge in [-0.05, 0) is 36.8 Å². The number of halogens is 1. The Hall–Kier alpha value is -0.580. The first-order chi connectivity index (χ1) is 8.17. The maximum Gasteiger partial charge on any atom is 0.126 e. The van der Waals surface area contributed by atoms with Gasteiger partial charge in [-0.3, -0.25) is 0 Å². The van der Waals surface area contributed by atoms with Gasteiger partial charge in [0.1, 0.15) is 5.82 Å². The van der Waals surface area contributed by atoms with Crippen molar-refractivity contribution in [2.24, 2.45) is 0 Å². The van der Waals surface area contributed by atoms with E-state index in [-0.39, 0.29) is 12.4 Å². The monoisotopic (exact) mass is 257 g/mol. The Morgan fingerprint density at radius 2 is 2.24 bits per heavy atom. The highest BCUT2D eigenvalue weighted by Gasteiger charge is 2.07. The van der Waals surface area contributed by atoms with Gasteiger partial charge in [-0.2, -0.15) is 11.8 Å². The molecule has 0 aliphatic carbocycles. The van der Waals surface area contributed by atoms with E-state index in [0.29, 0.717) is 18.2 Å². The molecule has 1 atom stereocenters. The lowest BCUT2D eigenvalue weighted by molar-refractivity contribution is 0.270. The van der Waals surface area contributed by atoms with Crippen LogP contribution in [0.25, 0.3) is 0 Å². The lowest BCUT2D eigenvalue weighted by Crippen LogP contribution is -2.31. The van der Waals surface area contributed by atoms with E-state index in [9.17, 15) is 4.39 Å². The molecule has 1 aromatic carbocycles. The molecular weight excluding hydrogens is 237 g/mol. The average Bonchev–Trinajstić information content (AvgIpc) is 2.31. The van der Waals surface area contributed by atoms with Gasteiger partial charge >= 0.3 is 0 Å². The van der Waals surface area contributed by atoms with Crippen LogP contribution >= 0.6 is 11.8 Å². The van der Waals surface area contributed by atoms with Crippen LogP contribution in [0, 0.1) is 12.7 Å². The van der Waals surface area contributed by atoms with E-state index in [1.54, 1.807) is 24.8 Å². The number of rotatable bonds is 7. The molecule has 0 aliphatic rings. The molecule has 1 aromatic rings. The van der Waals surface area contributed by atoms with Crippen LogP contribution in [0.15, 0.2) is 18.2 Å². The summed E-state index contributed by atoms with van der Waals surface area (Å²) in [7, 11) is 0. The van der Waals surface area contributed by atoms with Crippen LogP contribution in [0.1, 0.15) is 17.5 Å². The maximum atomic E-state index is 13.1. The second-order valence-electron chi connectivity index (χ2n) is 4.13. The second-order valence-corrected chi connectivity index (χ2v) is 5.04. The third-order valence-electron chi connectivity index (χ3n) is 2.66. The van der Waals surface area contributed by atoms with Crippen LogP contribution in [-0.4, -0.2) is 29.8 Å². The highest BCUT2D eigenvalue weighted by atomic mass is 32.2. The van der Waals surface area contributed by atoms with Crippen LogP contribution < -0.4 is 5.32 Å². The topological polar surface area (TPSA) is 32.3 Å². The molecule has 1 unspecified atom stereocenters. The molecule has 0 aliphatic heterocycles. The van der Waals surface area contributed by atoms with Crippen molar-refractivity contribution in [3.63, 3.8) is 0 Å². The van der Waals surface area contributed by atoms with Crippen molar-refractivity contribution >= 4 is 11.8 Å². The van der Waals surface area contributed by atoms with E-state index in [0.717, 1.165) is 17.7 Å². The molecule has 96 valence electrons.